The summed E-state index contributed by atoms with van der Waals surface area (Å²) in [5.41, 5.74) is 3.10. The van der Waals surface area contributed by atoms with Crippen LogP contribution in [0.25, 0.3) is 12.2 Å². The molecule has 0 atom stereocenters. The summed E-state index contributed by atoms with van der Waals surface area (Å²) in [5.74, 6) is -0.0384. The molecule has 21 heavy (non-hydrogen) atoms. The van der Waals surface area contributed by atoms with Gasteiger partial charge in [-0.05, 0) is 47.5 Å². The molecule has 0 aliphatic heterocycles. The average molecular weight is 278 g/mol. The van der Waals surface area contributed by atoms with E-state index in [-0.39, 0.29) is 5.78 Å². The van der Waals surface area contributed by atoms with Crippen LogP contribution in [0.3, 0.4) is 0 Å². The molecule has 0 aliphatic carbocycles. The van der Waals surface area contributed by atoms with Crippen molar-refractivity contribution in [1.82, 2.24) is 4.98 Å². The van der Waals surface area contributed by atoms with Gasteiger partial charge in [0.25, 0.3) is 0 Å². The summed E-state index contributed by atoms with van der Waals surface area (Å²) in [6.45, 7) is 0. The van der Waals surface area contributed by atoms with E-state index in [4.69, 9.17) is 0 Å². The van der Waals surface area contributed by atoms with Gasteiger partial charge in [0.05, 0.1) is 0 Å². The van der Waals surface area contributed by atoms with Gasteiger partial charge < -0.3 is 4.90 Å². The normalized spacial score (nSPS) is 11.1. The highest BCUT2D eigenvalue weighted by molar-refractivity contribution is 6.04. The van der Waals surface area contributed by atoms with Crippen LogP contribution in [0.15, 0.2) is 60.9 Å². The van der Waals surface area contributed by atoms with E-state index in [1.807, 2.05) is 61.5 Å². The second-order valence-corrected chi connectivity index (χ2v) is 4.84. The molecule has 0 spiro atoms. The molecule has 0 bridgehead atoms. The van der Waals surface area contributed by atoms with Crippen molar-refractivity contribution >= 4 is 23.6 Å². The Hall–Kier alpha value is -2.68. The molecule has 0 radical (unpaired) electrons. The maximum atomic E-state index is 11.8. The summed E-state index contributed by atoms with van der Waals surface area (Å²) in [7, 11) is 4.00. The molecule has 0 saturated carbocycles. The van der Waals surface area contributed by atoms with Crippen molar-refractivity contribution in [3.8, 4) is 0 Å². The summed E-state index contributed by atoms with van der Waals surface area (Å²) in [4.78, 5) is 17.7. The van der Waals surface area contributed by atoms with Gasteiger partial charge in [0.2, 0.25) is 0 Å². The Bertz CT molecular complexity index is 641. The van der Waals surface area contributed by atoms with Gasteiger partial charge in [-0.15, -0.1) is 0 Å². The fourth-order valence-electron chi connectivity index (χ4n) is 1.77. The van der Waals surface area contributed by atoms with Crippen LogP contribution in [0, 0.1) is 0 Å². The fourth-order valence-corrected chi connectivity index (χ4v) is 1.77. The van der Waals surface area contributed by atoms with Gasteiger partial charge in [-0.25, -0.2) is 0 Å². The molecule has 0 aliphatic rings. The Labute approximate surface area is 125 Å². The zero-order chi connectivity index (χ0) is 15.1. The van der Waals surface area contributed by atoms with E-state index in [1.54, 1.807) is 30.6 Å². The fraction of sp³-hybridized carbons (Fsp3) is 0.111. The first-order chi connectivity index (χ1) is 10.1. The molecule has 0 fully saturated rings. The lowest BCUT2D eigenvalue weighted by molar-refractivity contribution is -0.110. The van der Waals surface area contributed by atoms with E-state index < -0.39 is 0 Å². The van der Waals surface area contributed by atoms with Crippen molar-refractivity contribution in [3.63, 3.8) is 0 Å². The third-order valence-corrected chi connectivity index (χ3v) is 3.00. The van der Waals surface area contributed by atoms with Crippen LogP contribution in [0.1, 0.15) is 11.1 Å². The van der Waals surface area contributed by atoms with E-state index in [9.17, 15) is 4.79 Å². The summed E-state index contributed by atoms with van der Waals surface area (Å²) in [5, 5.41) is 0. The minimum atomic E-state index is -0.0384. The molecular weight excluding hydrogens is 260 g/mol. The number of aromatic nitrogens is 1. The predicted molar refractivity (Wildman–Crippen MR) is 88.1 cm³/mol. The second kappa shape index (κ2) is 7.20. The third kappa shape index (κ3) is 4.73. The summed E-state index contributed by atoms with van der Waals surface area (Å²) in [6, 6.07) is 11.7. The summed E-state index contributed by atoms with van der Waals surface area (Å²) in [6.07, 6.45) is 10.1. The van der Waals surface area contributed by atoms with Crippen LogP contribution in [-0.4, -0.2) is 24.9 Å². The van der Waals surface area contributed by atoms with Crippen molar-refractivity contribution in [2.45, 2.75) is 0 Å². The molecule has 2 aromatic rings. The minimum absolute atomic E-state index is 0.0384. The Morgan fingerprint density at radius 2 is 1.43 bits per heavy atom. The molecule has 0 N–H and O–H groups in total. The van der Waals surface area contributed by atoms with Crippen LogP contribution >= 0.6 is 0 Å². The lowest BCUT2D eigenvalue weighted by Gasteiger charge is -2.11. The van der Waals surface area contributed by atoms with Gasteiger partial charge in [-0.2, -0.15) is 0 Å². The highest BCUT2D eigenvalue weighted by atomic mass is 16.1. The number of hydrogen-bond acceptors (Lipinski definition) is 3. The van der Waals surface area contributed by atoms with Gasteiger partial charge in [0.1, 0.15) is 0 Å². The standard InChI is InChI=1S/C18H18N2O/c1-20(2)17-7-3-15(4-8-17)5-9-18(21)10-6-16-11-13-19-14-12-16/h3-14H,1-2H3/b9-5+,10-6+. The topological polar surface area (TPSA) is 33.2 Å². The van der Waals surface area contributed by atoms with E-state index in [2.05, 4.69) is 4.98 Å². The lowest BCUT2D eigenvalue weighted by atomic mass is 10.1. The molecule has 0 unspecified atom stereocenters. The zero-order valence-corrected chi connectivity index (χ0v) is 12.2. The average Bonchev–Trinajstić information content (AvgIpc) is 2.52. The molecule has 1 heterocycles. The molecular formula is C18H18N2O. The van der Waals surface area contributed by atoms with Gasteiger partial charge >= 0.3 is 0 Å². The molecule has 2 rings (SSSR count). The third-order valence-electron chi connectivity index (χ3n) is 3.00. The molecule has 1 aromatic heterocycles. The van der Waals surface area contributed by atoms with E-state index in [0.717, 1.165) is 16.8 Å². The molecule has 3 heteroatoms. The molecule has 106 valence electrons. The van der Waals surface area contributed by atoms with Gasteiger partial charge in [-0.1, -0.05) is 24.3 Å². The number of anilines is 1. The first-order valence-electron chi connectivity index (χ1n) is 6.73. The van der Waals surface area contributed by atoms with Crippen LogP contribution < -0.4 is 4.90 Å². The van der Waals surface area contributed by atoms with E-state index in [1.165, 1.54) is 0 Å². The SMILES string of the molecule is CN(C)c1ccc(/C=C/C(=O)/C=C/c2ccncc2)cc1. The van der Waals surface area contributed by atoms with Crippen molar-refractivity contribution in [2.75, 3.05) is 19.0 Å². The number of benzene rings is 1. The minimum Gasteiger partial charge on any atom is -0.378 e. The first kappa shape index (κ1) is 14.7. The summed E-state index contributed by atoms with van der Waals surface area (Å²) < 4.78 is 0. The molecule has 3 nitrogen and oxygen atoms in total. The van der Waals surface area contributed by atoms with E-state index in [0.29, 0.717) is 0 Å². The Balaban J connectivity index is 1.97. The largest absolute Gasteiger partial charge is 0.378 e. The van der Waals surface area contributed by atoms with Gasteiger partial charge in [-0.3, -0.25) is 9.78 Å². The number of allylic oxidation sites excluding steroid dienone is 2. The van der Waals surface area contributed by atoms with Gasteiger partial charge in [0.15, 0.2) is 5.78 Å². The highest BCUT2D eigenvalue weighted by Gasteiger charge is 1.94. The lowest BCUT2D eigenvalue weighted by Crippen LogP contribution is -2.07. The first-order valence-corrected chi connectivity index (χ1v) is 6.73. The zero-order valence-electron chi connectivity index (χ0n) is 12.2. The van der Waals surface area contributed by atoms with Crippen LogP contribution in [0.5, 0.6) is 0 Å². The molecule has 1 aromatic carbocycles. The predicted octanol–water partition coefficient (Wildman–Crippen LogP) is 3.44. The Morgan fingerprint density at radius 1 is 0.905 bits per heavy atom. The van der Waals surface area contributed by atoms with Crippen molar-refractivity contribution < 1.29 is 4.79 Å². The monoisotopic (exact) mass is 278 g/mol. The van der Waals surface area contributed by atoms with Gasteiger partial charge in [0, 0.05) is 32.2 Å². The van der Waals surface area contributed by atoms with E-state index >= 15 is 0 Å². The van der Waals surface area contributed by atoms with Crippen LogP contribution in [0.2, 0.25) is 0 Å². The quantitative estimate of drug-likeness (QED) is 0.785. The highest BCUT2D eigenvalue weighted by Crippen LogP contribution is 2.13. The number of carbonyl (C=O) groups is 1. The van der Waals surface area contributed by atoms with Crippen molar-refractivity contribution in [1.29, 1.82) is 0 Å². The number of carbonyl (C=O) groups excluding carboxylic acids is 1. The number of nitrogens with zero attached hydrogens (tertiary/aromatic N) is 2. The van der Waals surface area contributed by atoms with Crippen LogP contribution in [0.4, 0.5) is 5.69 Å². The molecule has 0 saturated heterocycles. The number of rotatable bonds is 5. The maximum Gasteiger partial charge on any atom is 0.178 e. The van der Waals surface area contributed by atoms with Crippen molar-refractivity contribution in [2.24, 2.45) is 0 Å². The summed E-state index contributed by atoms with van der Waals surface area (Å²) >= 11 is 0. The Kier molecular flexibility index (Phi) is 5.04. The second-order valence-electron chi connectivity index (χ2n) is 4.84. The van der Waals surface area contributed by atoms with Crippen molar-refractivity contribution in [3.05, 3.63) is 72.1 Å². The Morgan fingerprint density at radius 3 is 1.95 bits per heavy atom. The number of ketones is 1. The molecule has 0 amide bonds. The maximum absolute atomic E-state index is 11.8. The number of hydrogen-bond donors (Lipinski definition) is 0. The smallest absolute Gasteiger partial charge is 0.178 e. The number of pyridine rings is 1. The van der Waals surface area contributed by atoms with Crippen LogP contribution in [-0.2, 0) is 4.79 Å².